The summed E-state index contributed by atoms with van der Waals surface area (Å²) in [6, 6.07) is 7.23. The van der Waals surface area contributed by atoms with E-state index in [4.69, 9.17) is 4.74 Å². The third-order valence-corrected chi connectivity index (χ3v) is 2.70. The molecule has 4 heteroatoms. The van der Waals surface area contributed by atoms with E-state index in [1.807, 2.05) is 12.1 Å². The van der Waals surface area contributed by atoms with Gasteiger partial charge in [-0.15, -0.1) is 0 Å². The number of nitrogens with one attached hydrogen (secondary N) is 1. The van der Waals surface area contributed by atoms with Crippen LogP contribution in [0.15, 0.2) is 24.3 Å². The largest absolute Gasteiger partial charge is 0.505 e. The Hall–Kier alpha value is -2.23. The van der Waals surface area contributed by atoms with E-state index in [-0.39, 0.29) is 5.75 Å². The van der Waals surface area contributed by atoms with Gasteiger partial charge in [0.2, 0.25) is 0 Å². The number of H-pyrrole nitrogens is 1. The molecule has 4 nitrogen and oxygen atoms in total. The van der Waals surface area contributed by atoms with E-state index in [0.717, 1.165) is 11.3 Å². The third-order valence-electron chi connectivity index (χ3n) is 2.70. The molecule has 0 radical (unpaired) electrons. The fourth-order valence-corrected chi connectivity index (χ4v) is 1.74. The van der Waals surface area contributed by atoms with Crippen LogP contribution in [0, 0.1) is 6.92 Å². The molecule has 1 aromatic heterocycles. The van der Waals surface area contributed by atoms with Gasteiger partial charge in [0.1, 0.15) is 5.75 Å². The van der Waals surface area contributed by atoms with Crippen LogP contribution in [-0.4, -0.2) is 23.5 Å². The van der Waals surface area contributed by atoms with Gasteiger partial charge in [0.15, 0.2) is 12.0 Å². The van der Waals surface area contributed by atoms with Gasteiger partial charge in [-0.3, -0.25) is 4.79 Å². The first-order valence-electron chi connectivity index (χ1n) is 5.18. The van der Waals surface area contributed by atoms with Gasteiger partial charge >= 0.3 is 0 Å². The van der Waals surface area contributed by atoms with Crippen molar-refractivity contribution >= 4 is 6.29 Å². The SMILES string of the molecule is COc1ccc(-c2[nH]c(C)c(C=O)c2O)cc1. The minimum atomic E-state index is -0.0114. The van der Waals surface area contributed by atoms with Gasteiger partial charge in [0.05, 0.1) is 18.4 Å². The monoisotopic (exact) mass is 231 g/mol. The number of carbonyl (C=O) groups is 1. The lowest BCUT2D eigenvalue weighted by atomic mass is 10.1. The maximum Gasteiger partial charge on any atom is 0.155 e. The number of aromatic nitrogens is 1. The normalized spacial score (nSPS) is 10.2. The van der Waals surface area contributed by atoms with Crippen molar-refractivity contribution in [3.05, 3.63) is 35.5 Å². The van der Waals surface area contributed by atoms with Gasteiger partial charge in [-0.25, -0.2) is 0 Å². The van der Waals surface area contributed by atoms with Crippen molar-refractivity contribution in [2.75, 3.05) is 7.11 Å². The molecule has 2 N–H and O–H groups in total. The first kappa shape index (κ1) is 11.3. The summed E-state index contributed by atoms with van der Waals surface area (Å²) in [7, 11) is 1.59. The molecule has 0 saturated heterocycles. The van der Waals surface area contributed by atoms with Crippen LogP contribution in [0.3, 0.4) is 0 Å². The number of ether oxygens (including phenoxy) is 1. The van der Waals surface area contributed by atoms with Gasteiger partial charge in [-0.2, -0.15) is 0 Å². The van der Waals surface area contributed by atoms with Crippen molar-refractivity contribution in [2.45, 2.75) is 6.92 Å². The molecule has 1 aromatic carbocycles. The summed E-state index contributed by atoms with van der Waals surface area (Å²) < 4.78 is 5.06. The van der Waals surface area contributed by atoms with Crippen molar-refractivity contribution in [1.82, 2.24) is 4.98 Å². The smallest absolute Gasteiger partial charge is 0.155 e. The highest BCUT2D eigenvalue weighted by Crippen LogP contribution is 2.33. The van der Waals surface area contributed by atoms with Crippen molar-refractivity contribution in [3.8, 4) is 22.8 Å². The minimum absolute atomic E-state index is 0.0114. The summed E-state index contributed by atoms with van der Waals surface area (Å²) >= 11 is 0. The molecule has 2 aromatic rings. The van der Waals surface area contributed by atoms with Gasteiger partial charge < -0.3 is 14.8 Å². The number of hydrogen-bond donors (Lipinski definition) is 2. The summed E-state index contributed by atoms with van der Waals surface area (Å²) in [5.41, 5.74) is 2.31. The summed E-state index contributed by atoms with van der Waals surface area (Å²) in [5, 5.41) is 9.90. The zero-order valence-corrected chi connectivity index (χ0v) is 9.65. The number of rotatable bonds is 3. The fourth-order valence-electron chi connectivity index (χ4n) is 1.74. The van der Waals surface area contributed by atoms with Crippen molar-refractivity contribution < 1.29 is 14.6 Å². The lowest BCUT2D eigenvalue weighted by molar-refractivity contribution is 0.112. The molecular weight excluding hydrogens is 218 g/mol. The average molecular weight is 231 g/mol. The average Bonchev–Trinajstić information content (AvgIpc) is 2.64. The second kappa shape index (κ2) is 4.33. The number of carbonyl (C=O) groups excluding carboxylic acids is 1. The highest BCUT2D eigenvalue weighted by molar-refractivity contribution is 5.87. The highest BCUT2D eigenvalue weighted by Gasteiger charge is 2.14. The molecule has 0 saturated carbocycles. The molecule has 0 fully saturated rings. The molecule has 88 valence electrons. The Morgan fingerprint density at radius 3 is 2.41 bits per heavy atom. The van der Waals surface area contributed by atoms with E-state index >= 15 is 0 Å². The lowest BCUT2D eigenvalue weighted by Gasteiger charge is -2.02. The Labute approximate surface area is 98.9 Å². The predicted molar refractivity (Wildman–Crippen MR) is 64.6 cm³/mol. The van der Waals surface area contributed by atoms with E-state index in [1.54, 1.807) is 26.2 Å². The molecule has 17 heavy (non-hydrogen) atoms. The molecule has 0 unspecified atom stereocenters. The van der Waals surface area contributed by atoms with Crippen LogP contribution < -0.4 is 4.74 Å². The summed E-state index contributed by atoms with van der Waals surface area (Å²) in [6.45, 7) is 1.75. The number of aromatic amines is 1. The highest BCUT2D eigenvalue weighted by atomic mass is 16.5. The first-order valence-corrected chi connectivity index (χ1v) is 5.18. The summed E-state index contributed by atoms with van der Waals surface area (Å²) in [6.07, 6.45) is 0.647. The standard InChI is InChI=1S/C13H13NO3/c1-8-11(7-15)13(16)12(14-8)9-3-5-10(17-2)6-4-9/h3-7,14,16H,1-2H3. The van der Waals surface area contributed by atoms with E-state index in [9.17, 15) is 9.90 Å². The molecule has 0 aliphatic carbocycles. The van der Waals surface area contributed by atoms with Crippen molar-refractivity contribution in [2.24, 2.45) is 0 Å². The van der Waals surface area contributed by atoms with Crippen LogP contribution in [0.1, 0.15) is 16.1 Å². The van der Waals surface area contributed by atoms with Crippen LogP contribution >= 0.6 is 0 Å². The topological polar surface area (TPSA) is 62.3 Å². The summed E-state index contributed by atoms with van der Waals surface area (Å²) in [4.78, 5) is 13.8. The van der Waals surface area contributed by atoms with E-state index in [0.29, 0.717) is 23.2 Å². The molecule has 0 spiro atoms. The Balaban J connectivity index is 2.49. The predicted octanol–water partition coefficient (Wildman–Crippen LogP) is 2.52. The van der Waals surface area contributed by atoms with E-state index in [2.05, 4.69) is 4.98 Å². The van der Waals surface area contributed by atoms with E-state index in [1.165, 1.54) is 0 Å². The molecule has 2 rings (SSSR count). The summed E-state index contributed by atoms with van der Waals surface area (Å²) in [5.74, 6) is 0.731. The molecule has 1 heterocycles. The zero-order valence-electron chi connectivity index (χ0n) is 9.65. The molecular formula is C13H13NO3. The second-order valence-electron chi connectivity index (χ2n) is 3.73. The van der Waals surface area contributed by atoms with Crippen LogP contribution in [0.2, 0.25) is 0 Å². The van der Waals surface area contributed by atoms with Gasteiger partial charge in [0.25, 0.3) is 0 Å². The van der Waals surface area contributed by atoms with Gasteiger partial charge in [-0.05, 0) is 31.2 Å². The number of aryl methyl sites for hydroxylation is 1. The van der Waals surface area contributed by atoms with E-state index < -0.39 is 0 Å². The van der Waals surface area contributed by atoms with Crippen molar-refractivity contribution in [1.29, 1.82) is 0 Å². The van der Waals surface area contributed by atoms with Crippen molar-refractivity contribution in [3.63, 3.8) is 0 Å². The molecule has 0 aliphatic heterocycles. The Morgan fingerprint density at radius 1 is 1.29 bits per heavy atom. The number of hydrogen-bond acceptors (Lipinski definition) is 3. The number of aldehydes is 1. The minimum Gasteiger partial charge on any atom is -0.505 e. The number of benzene rings is 1. The number of methoxy groups -OCH3 is 1. The quantitative estimate of drug-likeness (QED) is 0.798. The van der Waals surface area contributed by atoms with Gasteiger partial charge in [-0.1, -0.05) is 0 Å². The Bertz CT molecular complexity index is 541. The Kier molecular flexibility index (Phi) is 2.87. The molecule has 0 atom stereocenters. The molecule has 0 aliphatic rings. The van der Waals surface area contributed by atoms with Crippen LogP contribution in [0.4, 0.5) is 0 Å². The third kappa shape index (κ3) is 1.89. The second-order valence-corrected chi connectivity index (χ2v) is 3.73. The zero-order chi connectivity index (χ0) is 12.4. The van der Waals surface area contributed by atoms with Crippen LogP contribution in [0.25, 0.3) is 11.3 Å². The first-order chi connectivity index (χ1) is 8.17. The maximum absolute atomic E-state index is 10.8. The fraction of sp³-hybridized carbons (Fsp3) is 0.154. The molecule has 0 bridgehead atoms. The maximum atomic E-state index is 10.8. The molecule has 0 amide bonds. The van der Waals surface area contributed by atoms with Gasteiger partial charge in [0, 0.05) is 11.3 Å². The van der Waals surface area contributed by atoms with Crippen LogP contribution in [-0.2, 0) is 0 Å². The lowest BCUT2D eigenvalue weighted by Crippen LogP contribution is -1.83. The Morgan fingerprint density at radius 2 is 1.94 bits per heavy atom. The number of aromatic hydroxyl groups is 1. The van der Waals surface area contributed by atoms with Crippen LogP contribution in [0.5, 0.6) is 11.5 Å².